The number of aromatic nitrogens is 2. The van der Waals surface area contributed by atoms with Crippen molar-refractivity contribution in [1.29, 1.82) is 0 Å². The molecule has 0 aliphatic carbocycles. The maximum Gasteiger partial charge on any atom is 2.00 e. The fourth-order valence-electron chi connectivity index (χ4n) is 0.215. The van der Waals surface area contributed by atoms with Gasteiger partial charge in [0.25, 0.3) is 0 Å². The normalized spacial score (nSPS) is 6.67. The monoisotopic (exact) mass is 94.0 g/mol. The Labute approximate surface area is 55.1 Å². The minimum absolute atomic E-state index is 0. The molecule has 0 saturated carbocycles. The zero-order valence-corrected chi connectivity index (χ0v) is 4.80. The van der Waals surface area contributed by atoms with Gasteiger partial charge >= 0.3 is 23.1 Å². The van der Waals surface area contributed by atoms with Crippen molar-refractivity contribution in [2.24, 2.45) is 0 Å². The van der Waals surface area contributed by atoms with Crippen molar-refractivity contribution in [1.82, 2.24) is 10.2 Å². The predicted molar refractivity (Wildman–Crippen MR) is 26.6 cm³/mol. The molecule has 1 aromatic rings. The number of nitrogens with one attached hydrogen (secondary N) is 1. The molecule has 0 atom stereocenters. The molecular weight excluding hydrogens is 88.4 g/mol. The van der Waals surface area contributed by atoms with Crippen LogP contribution in [0.15, 0.2) is 18.5 Å². The van der Waals surface area contributed by atoms with E-state index >= 15 is 0 Å². The van der Waals surface area contributed by atoms with Crippen LogP contribution in [0, 0.1) is 0 Å². The molecule has 0 aromatic carbocycles. The molecule has 30 valence electrons. The van der Waals surface area contributed by atoms with Gasteiger partial charge in [0.05, 0.1) is 0 Å². The average Bonchev–Trinajstić information content (AvgIpc) is 1.76. The summed E-state index contributed by atoms with van der Waals surface area (Å²) in [5, 5.41) is 6.21. The summed E-state index contributed by atoms with van der Waals surface area (Å²) in [6.45, 7) is 0. The first-order valence-electron chi connectivity index (χ1n) is 1.44. The molecule has 0 radical (unpaired) electrons. The fraction of sp³-hybridized carbons (Fsp3) is 0. The number of aromatic amines is 1. The van der Waals surface area contributed by atoms with Gasteiger partial charge in [-0.05, 0) is 6.07 Å². The molecule has 1 aromatic heterocycles. The molecule has 0 saturated heterocycles. The molecule has 0 spiro atoms. The molecule has 2 nitrogen and oxygen atoms in total. The predicted octanol–water partition coefficient (Wildman–Crippen LogP) is 0.254. The van der Waals surface area contributed by atoms with Crippen LogP contribution in [0.2, 0.25) is 0 Å². The first-order chi connectivity index (χ1) is 2.50. The van der Waals surface area contributed by atoms with E-state index in [1.807, 2.05) is 6.07 Å². The molecular formula is C3H6MgN2. The standard InChI is InChI=1S/C3H4N2.Mg.2H/c1-2-4-5-3-1;;;/h1-3H,(H,4,5);;;/q;+2;2*-1. The van der Waals surface area contributed by atoms with Crippen LogP contribution in [0.3, 0.4) is 0 Å². The zero-order valence-electron chi connectivity index (χ0n) is 5.39. The summed E-state index contributed by atoms with van der Waals surface area (Å²) >= 11 is 0. The van der Waals surface area contributed by atoms with Gasteiger partial charge in [0.1, 0.15) is 0 Å². The summed E-state index contributed by atoms with van der Waals surface area (Å²) in [5.41, 5.74) is 0. The van der Waals surface area contributed by atoms with Crippen LogP contribution in [0.25, 0.3) is 0 Å². The minimum Gasteiger partial charge on any atom is -1.00 e. The topological polar surface area (TPSA) is 28.7 Å². The number of rotatable bonds is 0. The molecule has 3 heteroatoms. The summed E-state index contributed by atoms with van der Waals surface area (Å²) in [7, 11) is 0. The molecule has 0 amide bonds. The van der Waals surface area contributed by atoms with Gasteiger partial charge in [-0.1, -0.05) is 0 Å². The maximum absolute atomic E-state index is 3.60. The van der Waals surface area contributed by atoms with E-state index in [2.05, 4.69) is 10.2 Å². The number of hydrogen-bond donors (Lipinski definition) is 1. The Morgan fingerprint density at radius 2 is 2.50 bits per heavy atom. The quantitative estimate of drug-likeness (QED) is 0.459. The molecule has 6 heavy (non-hydrogen) atoms. The molecule has 1 rings (SSSR count). The molecule has 0 unspecified atom stereocenters. The van der Waals surface area contributed by atoms with Crippen LogP contribution >= 0.6 is 0 Å². The smallest absolute Gasteiger partial charge is 1.00 e. The molecule has 0 bridgehead atoms. The van der Waals surface area contributed by atoms with Crippen LogP contribution in [0.5, 0.6) is 0 Å². The second-order valence-corrected chi connectivity index (χ2v) is 0.766. The SMILES string of the molecule is [H-].[H-].[Mg+2].c1cn[nH]c1. The van der Waals surface area contributed by atoms with Crippen molar-refractivity contribution in [3.8, 4) is 0 Å². The van der Waals surface area contributed by atoms with E-state index in [9.17, 15) is 0 Å². The van der Waals surface area contributed by atoms with Gasteiger partial charge in [0, 0.05) is 12.4 Å². The van der Waals surface area contributed by atoms with Gasteiger partial charge < -0.3 is 2.85 Å². The number of H-pyrrole nitrogens is 1. The van der Waals surface area contributed by atoms with Crippen LogP contribution in [-0.4, -0.2) is 33.3 Å². The van der Waals surface area contributed by atoms with Gasteiger partial charge in [-0.25, -0.2) is 0 Å². The summed E-state index contributed by atoms with van der Waals surface area (Å²) in [6, 6.07) is 1.83. The van der Waals surface area contributed by atoms with Gasteiger partial charge in [0.15, 0.2) is 0 Å². The third-order valence-electron chi connectivity index (χ3n) is 0.406. The Morgan fingerprint density at radius 3 is 2.67 bits per heavy atom. The second kappa shape index (κ2) is 3.18. The van der Waals surface area contributed by atoms with Crippen molar-refractivity contribution >= 4 is 23.1 Å². The van der Waals surface area contributed by atoms with Gasteiger partial charge in [-0.2, -0.15) is 5.10 Å². The largest absolute Gasteiger partial charge is 2.00 e. The van der Waals surface area contributed by atoms with Crippen molar-refractivity contribution in [2.75, 3.05) is 0 Å². The van der Waals surface area contributed by atoms with Crippen LogP contribution < -0.4 is 0 Å². The summed E-state index contributed by atoms with van der Waals surface area (Å²) in [4.78, 5) is 0. The van der Waals surface area contributed by atoms with Crippen LogP contribution in [0.4, 0.5) is 0 Å². The summed E-state index contributed by atoms with van der Waals surface area (Å²) in [6.07, 6.45) is 3.46. The van der Waals surface area contributed by atoms with E-state index in [4.69, 9.17) is 0 Å². The number of hydrogen-bond acceptors (Lipinski definition) is 1. The molecule has 0 fully saturated rings. The number of nitrogens with zero attached hydrogens (tertiary/aromatic N) is 1. The fourth-order valence-corrected chi connectivity index (χ4v) is 0.215. The van der Waals surface area contributed by atoms with Crippen LogP contribution in [-0.2, 0) is 0 Å². The molecule has 0 aliphatic heterocycles. The zero-order chi connectivity index (χ0) is 3.54. The van der Waals surface area contributed by atoms with Crippen molar-refractivity contribution in [3.05, 3.63) is 18.5 Å². The molecule has 1 heterocycles. The van der Waals surface area contributed by atoms with Gasteiger partial charge in [0.2, 0.25) is 0 Å². The molecule has 1 N–H and O–H groups in total. The van der Waals surface area contributed by atoms with E-state index in [1.165, 1.54) is 0 Å². The third kappa shape index (κ3) is 1.42. The first-order valence-corrected chi connectivity index (χ1v) is 1.44. The van der Waals surface area contributed by atoms with Gasteiger partial charge in [-0.3, -0.25) is 5.10 Å². The third-order valence-corrected chi connectivity index (χ3v) is 0.406. The second-order valence-electron chi connectivity index (χ2n) is 0.766. The Balaban J connectivity index is -0.0000000833. The Kier molecular flexibility index (Phi) is 3.16. The van der Waals surface area contributed by atoms with Crippen LogP contribution in [0.1, 0.15) is 2.85 Å². The average molecular weight is 94.4 g/mol. The minimum atomic E-state index is 0. The molecule has 0 aliphatic rings. The van der Waals surface area contributed by atoms with Crippen molar-refractivity contribution in [3.63, 3.8) is 0 Å². The van der Waals surface area contributed by atoms with Crippen molar-refractivity contribution in [2.45, 2.75) is 0 Å². The van der Waals surface area contributed by atoms with E-state index in [0.29, 0.717) is 0 Å². The van der Waals surface area contributed by atoms with E-state index in [1.54, 1.807) is 12.4 Å². The summed E-state index contributed by atoms with van der Waals surface area (Å²) in [5.74, 6) is 0. The van der Waals surface area contributed by atoms with Gasteiger partial charge in [-0.15, -0.1) is 0 Å². The summed E-state index contributed by atoms with van der Waals surface area (Å²) < 4.78 is 0. The van der Waals surface area contributed by atoms with E-state index < -0.39 is 0 Å². The Bertz CT molecular complexity index is 71.8. The maximum atomic E-state index is 3.60. The van der Waals surface area contributed by atoms with Crippen molar-refractivity contribution < 1.29 is 2.85 Å². The van der Waals surface area contributed by atoms with E-state index in [-0.39, 0.29) is 25.9 Å². The Morgan fingerprint density at radius 1 is 1.67 bits per heavy atom. The first kappa shape index (κ1) is 5.98. The Hall–Kier alpha value is -0.0238. The van der Waals surface area contributed by atoms with E-state index in [0.717, 1.165) is 0 Å².